The van der Waals surface area contributed by atoms with Gasteiger partial charge in [0.2, 0.25) is 28.6 Å². The molecule has 0 aliphatic carbocycles. The Hall–Kier alpha value is -2.98. The number of ether oxygens (including phenoxy) is 2. The lowest BCUT2D eigenvalue weighted by molar-refractivity contribution is -0.140. The van der Waals surface area contributed by atoms with Crippen molar-refractivity contribution in [1.82, 2.24) is 10.2 Å². The first-order chi connectivity index (χ1) is 17.5. The van der Waals surface area contributed by atoms with Crippen molar-refractivity contribution in [1.29, 1.82) is 0 Å². The minimum absolute atomic E-state index is 0.0615. The van der Waals surface area contributed by atoms with Gasteiger partial charge in [-0.05, 0) is 49.1 Å². The van der Waals surface area contributed by atoms with Gasteiger partial charge in [0.1, 0.15) is 6.04 Å². The summed E-state index contributed by atoms with van der Waals surface area (Å²) in [7, 11) is -3.62. The Morgan fingerprint density at radius 2 is 1.73 bits per heavy atom. The molecular formula is C26H34ClN3O6S. The van der Waals surface area contributed by atoms with E-state index < -0.39 is 16.1 Å². The minimum Gasteiger partial charge on any atom is -0.454 e. The lowest BCUT2D eigenvalue weighted by Crippen LogP contribution is -2.48. The van der Waals surface area contributed by atoms with E-state index >= 15 is 0 Å². The average molecular weight is 552 g/mol. The van der Waals surface area contributed by atoms with Crippen molar-refractivity contribution in [2.24, 2.45) is 5.92 Å². The molecule has 0 saturated heterocycles. The molecule has 1 heterocycles. The highest BCUT2D eigenvalue weighted by atomic mass is 35.5. The van der Waals surface area contributed by atoms with Gasteiger partial charge < -0.3 is 19.7 Å². The molecule has 1 aliphatic rings. The molecule has 11 heteroatoms. The predicted octanol–water partition coefficient (Wildman–Crippen LogP) is 3.80. The SMILES string of the molecule is CC(C)CNC(=O)[C@@H](C)N(Cc1ccc(Cl)cc1)C(=O)CCCN(c1ccc2c(c1)OCO2)S(C)(=O)=O. The minimum atomic E-state index is -3.62. The van der Waals surface area contributed by atoms with Crippen LogP contribution in [0, 0.1) is 5.92 Å². The second-order valence-electron chi connectivity index (χ2n) is 9.44. The summed E-state index contributed by atoms with van der Waals surface area (Å²) < 4.78 is 37.0. The van der Waals surface area contributed by atoms with Crippen molar-refractivity contribution >= 4 is 39.1 Å². The average Bonchev–Trinajstić information content (AvgIpc) is 3.31. The molecule has 37 heavy (non-hydrogen) atoms. The number of carbonyl (C=O) groups excluding carboxylic acids is 2. The predicted molar refractivity (Wildman–Crippen MR) is 143 cm³/mol. The monoisotopic (exact) mass is 551 g/mol. The highest BCUT2D eigenvalue weighted by Gasteiger charge is 2.27. The highest BCUT2D eigenvalue weighted by Crippen LogP contribution is 2.36. The molecule has 0 saturated carbocycles. The van der Waals surface area contributed by atoms with Crippen molar-refractivity contribution < 1.29 is 27.5 Å². The van der Waals surface area contributed by atoms with Crippen LogP contribution in [0.2, 0.25) is 5.02 Å². The molecule has 1 aliphatic heterocycles. The topological polar surface area (TPSA) is 105 Å². The molecule has 1 atom stereocenters. The molecule has 0 bridgehead atoms. The number of nitrogens with one attached hydrogen (secondary N) is 1. The summed E-state index contributed by atoms with van der Waals surface area (Å²) in [5, 5.41) is 3.46. The molecular weight excluding hydrogens is 518 g/mol. The van der Waals surface area contributed by atoms with Gasteiger partial charge in [0.05, 0.1) is 11.9 Å². The highest BCUT2D eigenvalue weighted by molar-refractivity contribution is 7.92. The number of nitrogens with zero attached hydrogens (tertiary/aromatic N) is 2. The summed E-state index contributed by atoms with van der Waals surface area (Å²) >= 11 is 6.00. The Balaban J connectivity index is 1.71. The van der Waals surface area contributed by atoms with Gasteiger partial charge in [0.25, 0.3) is 0 Å². The number of benzene rings is 2. The van der Waals surface area contributed by atoms with Crippen molar-refractivity contribution in [2.75, 3.05) is 30.4 Å². The largest absolute Gasteiger partial charge is 0.454 e. The van der Waals surface area contributed by atoms with E-state index in [-0.39, 0.29) is 50.5 Å². The number of anilines is 1. The van der Waals surface area contributed by atoms with E-state index in [9.17, 15) is 18.0 Å². The third kappa shape index (κ3) is 8.00. The first kappa shape index (κ1) is 28.6. The Morgan fingerprint density at radius 3 is 2.38 bits per heavy atom. The van der Waals surface area contributed by atoms with Gasteiger partial charge in [-0.25, -0.2) is 8.42 Å². The van der Waals surface area contributed by atoms with Crippen LogP contribution in [0.15, 0.2) is 42.5 Å². The molecule has 2 aromatic rings. The van der Waals surface area contributed by atoms with E-state index in [0.29, 0.717) is 28.8 Å². The van der Waals surface area contributed by atoms with Gasteiger partial charge in [-0.15, -0.1) is 0 Å². The molecule has 9 nitrogen and oxygen atoms in total. The van der Waals surface area contributed by atoms with E-state index in [1.54, 1.807) is 37.3 Å². The molecule has 2 aromatic carbocycles. The fourth-order valence-electron chi connectivity index (χ4n) is 3.87. The van der Waals surface area contributed by atoms with Crippen molar-refractivity contribution in [3.05, 3.63) is 53.1 Å². The van der Waals surface area contributed by atoms with Crippen LogP contribution in [0.1, 0.15) is 39.2 Å². The zero-order valence-corrected chi connectivity index (χ0v) is 23.1. The Kier molecular flexibility index (Phi) is 9.67. The second kappa shape index (κ2) is 12.5. The maximum absolute atomic E-state index is 13.3. The van der Waals surface area contributed by atoms with Crippen molar-refractivity contribution in [2.45, 2.75) is 46.2 Å². The lowest BCUT2D eigenvalue weighted by atomic mass is 10.1. The maximum Gasteiger partial charge on any atom is 0.242 e. The first-order valence-electron chi connectivity index (χ1n) is 12.1. The first-order valence-corrected chi connectivity index (χ1v) is 14.4. The third-order valence-corrected chi connectivity index (χ3v) is 7.36. The van der Waals surface area contributed by atoms with Gasteiger partial charge in [-0.3, -0.25) is 13.9 Å². The van der Waals surface area contributed by atoms with Crippen molar-refractivity contribution in [3.63, 3.8) is 0 Å². The number of hydrogen-bond donors (Lipinski definition) is 1. The van der Waals surface area contributed by atoms with E-state index in [0.717, 1.165) is 11.8 Å². The summed E-state index contributed by atoms with van der Waals surface area (Å²) in [6.07, 6.45) is 1.44. The van der Waals surface area contributed by atoms with E-state index in [1.165, 1.54) is 9.21 Å². The summed E-state index contributed by atoms with van der Waals surface area (Å²) in [4.78, 5) is 27.6. The van der Waals surface area contributed by atoms with Gasteiger partial charge in [-0.1, -0.05) is 37.6 Å². The van der Waals surface area contributed by atoms with Gasteiger partial charge in [0.15, 0.2) is 11.5 Å². The molecule has 0 radical (unpaired) electrons. The number of hydrogen-bond acceptors (Lipinski definition) is 6. The van der Waals surface area contributed by atoms with Crippen LogP contribution >= 0.6 is 11.6 Å². The smallest absolute Gasteiger partial charge is 0.242 e. The Labute approximate surface area is 223 Å². The Morgan fingerprint density at radius 1 is 1.05 bits per heavy atom. The van der Waals surface area contributed by atoms with Crippen LogP contribution in [0.25, 0.3) is 0 Å². The molecule has 202 valence electrons. The summed E-state index contributed by atoms with van der Waals surface area (Å²) in [6.45, 7) is 6.59. The number of carbonyl (C=O) groups is 2. The van der Waals surface area contributed by atoms with Crippen molar-refractivity contribution in [3.8, 4) is 11.5 Å². The molecule has 0 unspecified atom stereocenters. The van der Waals surface area contributed by atoms with E-state index in [1.807, 2.05) is 26.0 Å². The number of halogens is 1. The molecule has 0 fully saturated rings. The van der Waals surface area contributed by atoms with Gasteiger partial charge >= 0.3 is 0 Å². The maximum atomic E-state index is 13.3. The summed E-state index contributed by atoms with van der Waals surface area (Å²) in [5.41, 5.74) is 1.26. The zero-order chi connectivity index (χ0) is 27.2. The fraction of sp³-hybridized carbons (Fsp3) is 0.462. The molecule has 3 rings (SSSR count). The van der Waals surface area contributed by atoms with Crippen LogP contribution in [0.4, 0.5) is 5.69 Å². The van der Waals surface area contributed by atoms with Crippen LogP contribution < -0.4 is 19.1 Å². The Bertz CT molecular complexity index is 1200. The van der Waals surface area contributed by atoms with Crippen LogP contribution in [0.5, 0.6) is 11.5 Å². The molecule has 2 amide bonds. The summed E-state index contributed by atoms with van der Waals surface area (Å²) in [5.74, 6) is 0.803. The van der Waals surface area contributed by atoms with Crippen LogP contribution in [0.3, 0.4) is 0 Å². The second-order valence-corrected chi connectivity index (χ2v) is 11.8. The number of rotatable bonds is 12. The molecule has 0 spiro atoms. The normalized spacial score (nSPS) is 13.4. The molecule has 1 N–H and O–H groups in total. The van der Waals surface area contributed by atoms with Crippen LogP contribution in [-0.4, -0.2) is 57.3 Å². The fourth-order valence-corrected chi connectivity index (χ4v) is 4.95. The standard InChI is InChI=1S/C26H34ClN3O6S/c1-18(2)15-28-26(32)19(3)29(16-20-7-9-21(27)10-8-20)25(31)6-5-13-30(37(4,33)34)22-11-12-23-24(14-22)36-17-35-23/h7-12,14,18-19H,5-6,13,15-17H2,1-4H3,(H,28,32)/t19-/m1/s1. The number of sulfonamides is 1. The third-order valence-electron chi connectivity index (χ3n) is 5.91. The summed E-state index contributed by atoms with van der Waals surface area (Å²) in [6, 6.07) is 11.3. The number of amides is 2. The van der Waals surface area contributed by atoms with Gasteiger partial charge in [-0.2, -0.15) is 0 Å². The quantitative estimate of drug-likeness (QED) is 0.430. The zero-order valence-electron chi connectivity index (χ0n) is 21.6. The van der Waals surface area contributed by atoms with Gasteiger partial charge in [0, 0.05) is 37.1 Å². The number of fused-ring (bicyclic) bond motifs is 1. The van der Waals surface area contributed by atoms with E-state index in [4.69, 9.17) is 21.1 Å². The molecule has 0 aromatic heterocycles. The van der Waals surface area contributed by atoms with Crippen LogP contribution in [-0.2, 0) is 26.2 Å². The lowest BCUT2D eigenvalue weighted by Gasteiger charge is -2.29. The van der Waals surface area contributed by atoms with E-state index in [2.05, 4.69) is 5.32 Å².